The highest BCUT2D eigenvalue weighted by atomic mass is 16.1. The predicted molar refractivity (Wildman–Crippen MR) is 85.7 cm³/mol. The number of carbonyl (C=O) groups is 1. The lowest BCUT2D eigenvalue weighted by atomic mass is 10.0. The average Bonchev–Trinajstić information content (AvgIpc) is 2.46. The van der Waals surface area contributed by atoms with Crippen molar-refractivity contribution in [3.8, 4) is 0 Å². The summed E-state index contributed by atoms with van der Waals surface area (Å²) in [7, 11) is 0. The van der Waals surface area contributed by atoms with Crippen molar-refractivity contribution in [3.63, 3.8) is 0 Å². The summed E-state index contributed by atoms with van der Waals surface area (Å²) >= 11 is 0. The van der Waals surface area contributed by atoms with Gasteiger partial charge >= 0.3 is 0 Å². The van der Waals surface area contributed by atoms with E-state index in [1.807, 2.05) is 39.0 Å². The fourth-order valence-corrected chi connectivity index (χ4v) is 2.51. The predicted octanol–water partition coefficient (Wildman–Crippen LogP) is 2.60. The summed E-state index contributed by atoms with van der Waals surface area (Å²) in [4.78, 5) is 27.6. The fourth-order valence-electron chi connectivity index (χ4n) is 2.51. The van der Waals surface area contributed by atoms with Crippen molar-refractivity contribution in [3.05, 3.63) is 45.2 Å². The molecule has 0 fully saturated rings. The lowest BCUT2D eigenvalue weighted by Gasteiger charge is -2.10. The van der Waals surface area contributed by atoms with Crippen LogP contribution in [0.1, 0.15) is 36.6 Å². The first-order valence-electron chi connectivity index (χ1n) is 7.42. The van der Waals surface area contributed by atoms with Gasteiger partial charge in [-0.25, -0.2) is 0 Å². The van der Waals surface area contributed by atoms with Crippen molar-refractivity contribution >= 4 is 16.8 Å². The summed E-state index contributed by atoms with van der Waals surface area (Å²) in [5.41, 5.74) is 3.54. The van der Waals surface area contributed by atoms with Crippen LogP contribution >= 0.6 is 0 Å². The maximum Gasteiger partial charge on any atom is 0.220 e. The Kier molecular flexibility index (Phi) is 4.78. The van der Waals surface area contributed by atoms with Crippen LogP contribution in [0.5, 0.6) is 0 Å². The molecule has 0 spiro atoms. The second-order valence-electron chi connectivity index (χ2n) is 5.41. The van der Waals surface area contributed by atoms with E-state index in [4.69, 9.17) is 0 Å². The Morgan fingerprint density at radius 3 is 2.76 bits per heavy atom. The smallest absolute Gasteiger partial charge is 0.220 e. The molecule has 4 nitrogen and oxygen atoms in total. The van der Waals surface area contributed by atoms with E-state index in [-0.39, 0.29) is 11.3 Å². The van der Waals surface area contributed by atoms with Gasteiger partial charge in [-0.15, -0.1) is 0 Å². The van der Waals surface area contributed by atoms with Gasteiger partial charge in [-0.1, -0.05) is 19.1 Å². The van der Waals surface area contributed by atoms with E-state index >= 15 is 0 Å². The summed E-state index contributed by atoms with van der Waals surface area (Å²) in [5, 5.41) is 3.54. The molecule has 1 heterocycles. The zero-order valence-corrected chi connectivity index (χ0v) is 12.9. The maximum atomic E-state index is 12.6. The molecule has 0 unspecified atom stereocenters. The number of aromatic nitrogens is 1. The molecule has 2 aromatic rings. The molecule has 0 saturated heterocycles. The highest BCUT2D eigenvalue weighted by molar-refractivity contribution is 5.82. The SMILES string of the molecule is CCCNC(=O)CCc1c(C)[nH]c2c(C)cccc2c1=O. The zero-order valence-electron chi connectivity index (χ0n) is 12.9. The lowest BCUT2D eigenvalue weighted by molar-refractivity contribution is -0.121. The number of hydrogen-bond acceptors (Lipinski definition) is 2. The first-order chi connectivity index (χ1) is 10.0. The Morgan fingerprint density at radius 1 is 1.29 bits per heavy atom. The van der Waals surface area contributed by atoms with E-state index < -0.39 is 0 Å². The molecule has 112 valence electrons. The number of rotatable bonds is 5. The number of amides is 1. The van der Waals surface area contributed by atoms with Crippen molar-refractivity contribution in [1.29, 1.82) is 0 Å². The number of nitrogens with one attached hydrogen (secondary N) is 2. The minimum Gasteiger partial charge on any atom is -0.358 e. The molecule has 2 N–H and O–H groups in total. The van der Waals surface area contributed by atoms with Gasteiger partial charge in [0.25, 0.3) is 0 Å². The third-order valence-corrected chi connectivity index (χ3v) is 3.73. The van der Waals surface area contributed by atoms with Gasteiger partial charge in [0.1, 0.15) is 0 Å². The van der Waals surface area contributed by atoms with Crippen molar-refractivity contribution in [2.45, 2.75) is 40.0 Å². The van der Waals surface area contributed by atoms with Crippen LogP contribution in [-0.4, -0.2) is 17.4 Å². The fraction of sp³-hybridized carbons (Fsp3) is 0.412. The van der Waals surface area contributed by atoms with E-state index in [0.717, 1.165) is 23.2 Å². The molecule has 0 atom stereocenters. The molecular formula is C17H22N2O2. The van der Waals surface area contributed by atoms with E-state index in [0.29, 0.717) is 30.3 Å². The van der Waals surface area contributed by atoms with Crippen LogP contribution in [0, 0.1) is 13.8 Å². The number of aromatic amines is 1. The number of pyridine rings is 1. The van der Waals surface area contributed by atoms with E-state index in [1.165, 1.54) is 0 Å². The molecule has 1 amide bonds. The quantitative estimate of drug-likeness (QED) is 0.887. The molecule has 0 aliphatic heterocycles. The minimum absolute atomic E-state index is 0.0000100. The van der Waals surface area contributed by atoms with Crippen molar-refractivity contribution in [1.82, 2.24) is 10.3 Å². The monoisotopic (exact) mass is 286 g/mol. The summed E-state index contributed by atoms with van der Waals surface area (Å²) in [5.74, 6) is -0.0000100. The molecule has 0 radical (unpaired) electrons. The van der Waals surface area contributed by atoms with Gasteiger partial charge in [0.2, 0.25) is 5.91 Å². The number of para-hydroxylation sites is 1. The molecule has 0 saturated carbocycles. The molecule has 1 aromatic carbocycles. The van der Waals surface area contributed by atoms with Crippen molar-refractivity contribution < 1.29 is 4.79 Å². The Balaban J connectivity index is 2.29. The Labute approximate surface area is 124 Å². The van der Waals surface area contributed by atoms with Crippen molar-refractivity contribution in [2.24, 2.45) is 0 Å². The molecule has 4 heteroatoms. The summed E-state index contributed by atoms with van der Waals surface area (Å²) in [6.45, 7) is 6.58. The van der Waals surface area contributed by atoms with Crippen LogP contribution in [0.2, 0.25) is 0 Å². The largest absolute Gasteiger partial charge is 0.358 e. The lowest BCUT2D eigenvalue weighted by Crippen LogP contribution is -2.25. The maximum absolute atomic E-state index is 12.6. The molecule has 1 aromatic heterocycles. The van der Waals surface area contributed by atoms with Crippen LogP contribution in [-0.2, 0) is 11.2 Å². The Morgan fingerprint density at radius 2 is 2.05 bits per heavy atom. The second-order valence-corrected chi connectivity index (χ2v) is 5.41. The second kappa shape index (κ2) is 6.57. The summed E-state index contributed by atoms with van der Waals surface area (Å²) < 4.78 is 0. The van der Waals surface area contributed by atoms with Gasteiger partial charge in [0, 0.05) is 29.6 Å². The van der Waals surface area contributed by atoms with E-state index in [9.17, 15) is 9.59 Å². The number of fused-ring (bicyclic) bond motifs is 1. The first kappa shape index (κ1) is 15.3. The molecule has 0 aliphatic carbocycles. The Hall–Kier alpha value is -2.10. The number of hydrogen-bond donors (Lipinski definition) is 2. The van der Waals surface area contributed by atoms with Gasteiger partial charge in [-0.2, -0.15) is 0 Å². The number of aryl methyl sites for hydroxylation is 2. The van der Waals surface area contributed by atoms with Crippen LogP contribution in [0.25, 0.3) is 10.9 Å². The molecule has 0 bridgehead atoms. The van der Waals surface area contributed by atoms with Gasteiger partial charge in [-0.05, 0) is 38.3 Å². The minimum atomic E-state index is -0.0000100. The highest BCUT2D eigenvalue weighted by Gasteiger charge is 2.11. The van der Waals surface area contributed by atoms with Gasteiger partial charge < -0.3 is 10.3 Å². The average molecular weight is 286 g/mol. The zero-order chi connectivity index (χ0) is 15.4. The van der Waals surface area contributed by atoms with Crippen LogP contribution in [0.15, 0.2) is 23.0 Å². The molecule has 2 rings (SSSR count). The van der Waals surface area contributed by atoms with E-state index in [2.05, 4.69) is 10.3 Å². The standard InChI is InChI=1S/C17H22N2O2/c1-4-10-18-15(20)9-8-13-12(3)19-16-11(2)6-5-7-14(16)17(13)21/h5-7H,4,8-10H2,1-3H3,(H,18,20)(H,19,21). The number of carbonyl (C=O) groups excluding carboxylic acids is 1. The van der Waals surface area contributed by atoms with E-state index in [1.54, 1.807) is 0 Å². The summed E-state index contributed by atoms with van der Waals surface area (Å²) in [6, 6.07) is 5.71. The van der Waals surface area contributed by atoms with Crippen LogP contribution in [0.3, 0.4) is 0 Å². The topological polar surface area (TPSA) is 62.0 Å². The third kappa shape index (κ3) is 3.32. The number of benzene rings is 1. The van der Waals surface area contributed by atoms with Crippen LogP contribution < -0.4 is 10.7 Å². The van der Waals surface area contributed by atoms with Gasteiger partial charge in [0.15, 0.2) is 5.43 Å². The molecular weight excluding hydrogens is 264 g/mol. The first-order valence-corrected chi connectivity index (χ1v) is 7.42. The third-order valence-electron chi connectivity index (χ3n) is 3.73. The van der Waals surface area contributed by atoms with Crippen LogP contribution in [0.4, 0.5) is 0 Å². The Bertz CT molecular complexity index is 717. The normalized spacial score (nSPS) is 10.8. The molecule has 0 aliphatic rings. The number of H-pyrrole nitrogens is 1. The summed E-state index contributed by atoms with van der Waals surface area (Å²) in [6.07, 6.45) is 1.74. The van der Waals surface area contributed by atoms with Gasteiger partial charge in [0.05, 0.1) is 5.52 Å². The highest BCUT2D eigenvalue weighted by Crippen LogP contribution is 2.15. The van der Waals surface area contributed by atoms with Gasteiger partial charge in [-0.3, -0.25) is 9.59 Å². The van der Waals surface area contributed by atoms with Crippen molar-refractivity contribution in [2.75, 3.05) is 6.54 Å². The molecule has 21 heavy (non-hydrogen) atoms.